The minimum Gasteiger partial charge on any atom is -0.486 e. The molecule has 7 nitrogen and oxygen atoms in total. The Bertz CT molecular complexity index is 929. The summed E-state index contributed by atoms with van der Waals surface area (Å²) >= 11 is 13.1. The molecule has 2 aromatic carbocycles. The van der Waals surface area contributed by atoms with Crippen LogP contribution in [0.3, 0.4) is 0 Å². The number of halogens is 3. The lowest BCUT2D eigenvalue weighted by molar-refractivity contribution is -0.135. The molecular formula is C19H17Br2ClN2O5. The number of carbonyl (C=O) groups excluding carboxylic acids is 2. The second kappa shape index (κ2) is 10.6. The Morgan fingerprint density at radius 3 is 2.41 bits per heavy atom. The number of hydrogen-bond acceptors (Lipinski definition) is 4. The minimum absolute atomic E-state index is 0.121. The van der Waals surface area contributed by atoms with Gasteiger partial charge in [-0.15, -0.1) is 0 Å². The number of carboxylic acids is 1. The molecule has 0 fully saturated rings. The molecule has 154 valence electrons. The number of aliphatic carboxylic acids is 1. The number of carboxylic acid groups (broad SMARTS) is 1. The molecule has 29 heavy (non-hydrogen) atoms. The van der Waals surface area contributed by atoms with Crippen molar-refractivity contribution in [2.45, 2.75) is 20.0 Å². The summed E-state index contributed by atoms with van der Waals surface area (Å²) in [4.78, 5) is 34.2. The van der Waals surface area contributed by atoms with Gasteiger partial charge in [0, 0.05) is 17.5 Å². The highest BCUT2D eigenvalue weighted by molar-refractivity contribution is 9.11. The average molecular weight is 549 g/mol. The third-order valence-corrected chi connectivity index (χ3v) is 5.33. The maximum absolute atomic E-state index is 12.0. The van der Waals surface area contributed by atoms with Crippen molar-refractivity contribution in [3.8, 4) is 5.75 Å². The van der Waals surface area contributed by atoms with Crippen LogP contribution in [-0.2, 0) is 16.2 Å². The molecule has 0 atom stereocenters. The van der Waals surface area contributed by atoms with E-state index >= 15 is 0 Å². The molecule has 0 aliphatic rings. The summed E-state index contributed by atoms with van der Waals surface area (Å²) in [5.41, 5.74) is 1.44. The van der Waals surface area contributed by atoms with Crippen LogP contribution in [0, 0.1) is 0 Å². The first-order valence-corrected chi connectivity index (χ1v) is 10.4. The first-order chi connectivity index (χ1) is 13.7. The molecule has 3 N–H and O–H groups in total. The SMILES string of the molecule is CCC(=O)Nc1cccc(COc2c(Br)cc(C(=O)NCC(=O)O)cc2Br)c1Cl. The maximum atomic E-state index is 12.0. The number of amides is 2. The van der Waals surface area contributed by atoms with E-state index in [0.29, 0.717) is 37.4 Å². The fourth-order valence-electron chi connectivity index (χ4n) is 2.26. The molecule has 0 aliphatic carbocycles. The van der Waals surface area contributed by atoms with Gasteiger partial charge in [0.25, 0.3) is 5.91 Å². The number of nitrogens with one attached hydrogen (secondary N) is 2. The van der Waals surface area contributed by atoms with Gasteiger partial charge in [-0.05, 0) is 50.1 Å². The van der Waals surface area contributed by atoms with Gasteiger partial charge in [-0.3, -0.25) is 14.4 Å². The van der Waals surface area contributed by atoms with E-state index in [-0.39, 0.29) is 18.1 Å². The highest BCUT2D eigenvalue weighted by Gasteiger charge is 2.16. The van der Waals surface area contributed by atoms with Crippen molar-refractivity contribution in [2.75, 3.05) is 11.9 Å². The molecule has 0 aliphatic heterocycles. The van der Waals surface area contributed by atoms with Gasteiger partial charge in [-0.2, -0.15) is 0 Å². The Labute approximate surface area is 189 Å². The lowest BCUT2D eigenvalue weighted by Gasteiger charge is -2.14. The van der Waals surface area contributed by atoms with E-state index in [2.05, 4.69) is 42.5 Å². The number of ether oxygens (including phenoxy) is 1. The normalized spacial score (nSPS) is 10.3. The Morgan fingerprint density at radius 1 is 1.17 bits per heavy atom. The molecular weight excluding hydrogens is 531 g/mol. The van der Waals surface area contributed by atoms with Crippen molar-refractivity contribution in [1.82, 2.24) is 5.32 Å². The fraction of sp³-hybridized carbons (Fsp3) is 0.211. The predicted octanol–water partition coefficient (Wildman–Crippen LogP) is 4.61. The molecule has 0 radical (unpaired) electrons. The zero-order chi connectivity index (χ0) is 21.6. The summed E-state index contributed by atoms with van der Waals surface area (Å²) in [5, 5.41) is 14.1. The van der Waals surface area contributed by atoms with Crippen LogP contribution in [0.1, 0.15) is 29.3 Å². The van der Waals surface area contributed by atoms with Gasteiger partial charge >= 0.3 is 5.97 Å². The molecule has 0 bridgehead atoms. The van der Waals surface area contributed by atoms with Gasteiger partial charge in [0.2, 0.25) is 5.91 Å². The molecule has 0 spiro atoms. The van der Waals surface area contributed by atoms with E-state index in [1.165, 1.54) is 12.1 Å². The van der Waals surface area contributed by atoms with Gasteiger partial charge in [-0.25, -0.2) is 0 Å². The van der Waals surface area contributed by atoms with E-state index in [1.807, 2.05) is 0 Å². The van der Waals surface area contributed by atoms with Gasteiger partial charge in [-0.1, -0.05) is 30.7 Å². The maximum Gasteiger partial charge on any atom is 0.322 e. The molecule has 0 saturated heterocycles. The third-order valence-electron chi connectivity index (χ3n) is 3.71. The largest absolute Gasteiger partial charge is 0.486 e. The highest BCUT2D eigenvalue weighted by Crippen LogP contribution is 2.36. The van der Waals surface area contributed by atoms with Crippen LogP contribution >= 0.6 is 43.5 Å². The first kappa shape index (κ1) is 23.2. The zero-order valence-electron chi connectivity index (χ0n) is 15.2. The average Bonchev–Trinajstić information content (AvgIpc) is 2.67. The molecule has 10 heteroatoms. The number of carbonyl (C=O) groups is 3. The van der Waals surface area contributed by atoms with Crippen LogP contribution in [0.25, 0.3) is 0 Å². The lowest BCUT2D eigenvalue weighted by atomic mass is 10.2. The molecule has 0 saturated carbocycles. The van der Waals surface area contributed by atoms with Gasteiger partial charge in [0.1, 0.15) is 18.9 Å². The summed E-state index contributed by atoms with van der Waals surface area (Å²) in [6.45, 7) is 1.39. The topological polar surface area (TPSA) is 105 Å². The van der Waals surface area contributed by atoms with Crippen molar-refractivity contribution < 1.29 is 24.2 Å². The van der Waals surface area contributed by atoms with Crippen molar-refractivity contribution >= 4 is 66.9 Å². The summed E-state index contributed by atoms with van der Waals surface area (Å²) in [7, 11) is 0. The van der Waals surface area contributed by atoms with Crippen LogP contribution in [0.15, 0.2) is 39.3 Å². The van der Waals surface area contributed by atoms with Gasteiger partial charge < -0.3 is 20.5 Å². The van der Waals surface area contributed by atoms with Crippen LogP contribution in [-0.4, -0.2) is 29.4 Å². The molecule has 2 amide bonds. The fourth-order valence-corrected chi connectivity index (χ4v) is 3.91. The Kier molecular flexibility index (Phi) is 8.48. The minimum atomic E-state index is -1.13. The van der Waals surface area contributed by atoms with E-state index in [0.717, 1.165) is 0 Å². The van der Waals surface area contributed by atoms with Gasteiger partial charge in [0.15, 0.2) is 0 Å². The quantitative estimate of drug-likeness (QED) is 0.447. The van der Waals surface area contributed by atoms with E-state index in [1.54, 1.807) is 25.1 Å². The van der Waals surface area contributed by atoms with Crippen molar-refractivity contribution in [1.29, 1.82) is 0 Å². The van der Waals surface area contributed by atoms with Crippen molar-refractivity contribution in [3.05, 3.63) is 55.4 Å². The summed E-state index contributed by atoms with van der Waals surface area (Å²) < 4.78 is 6.83. The van der Waals surface area contributed by atoms with E-state index in [4.69, 9.17) is 21.4 Å². The highest BCUT2D eigenvalue weighted by atomic mass is 79.9. The van der Waals surface area contributed by atoms with Gasteiger partial charge in [0.05, 0.1) is 19.7 Å². The van der Waals surface area contributed by atoms with Crippen molar-refractivity contribution in [2.24, 2.45) is 0 Å². The third kappa shape index (κ3) is 6.45. The number of benzene rings is 2. The second-order valence-corrected chi connectivity index (χ2v) is 7.90. The molecule has 2 rings (SSSR count). The summed E-state index contributed by atoms with van der Waals surface area (Å²) in [6, 6.07) is 8.29. The Balaban J connectivity index is 2.15. The predicted molar refractivity (Wildman–Crippen MR) is 117 cm³/mol. The van der Waals surface area contributed by atoms with E-state index < -0.39 is 18.4 Å². The molecule has 0 heterocycles. The Hall–Kier alpha value is -2.10. The lowest BCUT2D eigenvalue weighted by Crippen LogP contribution is -2.29. The number of rotatable bonds is 8. The smallest absolute Gasteiger partial charge is 0.322 e. The standard InChI is InChI=1S/C19H17Br2ClN2O5/c1-2-15(25)24-14-5-3-4-10(17(14)22)9-29-18-12(20)6-11(7-13(18)21)19(28)23-8-16(26)27/h3-7H,2,8-9H2,1H3,(H,23,28)(H,24,25)(H,26,27). The van der Waals surface area contributed by atoms with Crippen LogP contribution in [0.4, 0.5) is 5.69 Å². The number of anilines is 1. The van der Waals surface area contributed by atoms with E-state index in [9.17, 15) is 14.4 Å². The molecule has 2 aromatic rings. The van der Waals surface area contributed by atoms with Crippen LogP contribution in [0.2, 0.25) is 5.02 Å². The molecule has 0 aromatic heterocycles. The summed E-state index contributed by atoms with van der Waals surface area (Å²) in [5.74, 6) is -1.36. The zero-order valence-corrected chi connectivity index (χ0v) is 19.2. The number of hydrogen-bond donors (Lipinski definition) is 3. The van der Waals surface area contributed by atoms with Crippen molar-refractivity contribution in [3.63, 3.8) is 0 Å². The Morgan fingerprint density at radius 2 is 1.83 bits per heavy atom. The summed E-state index contributed by atoms with van der Waals surface area (Å²) in [6.07, 6.45) is 0.337. The first-order valence-electron chi connectivity index (χ1n) is 8.42. The van der Waals surface area contributed by atoms with Crippen LogP contribution < -0.4 is 15.4 Å². The monoisotopic (exact) mass is 546 g/mol. The molecule has 0 unspecified atom stereocenters. The van der Waals surface area contributed by atoms with Crippen LogP contribution in [0.5, 0.6) is 5.75 Å². The second-order valence-electron chi connectivity index (χ2n) is 5.81.